The van der Waals surface area contributed by atoms with Crippen molar-refractivity contribution in [3.8, 4) is 0 Å². The van der Waals surface area contributed by atoms with Gasteiger partial charge in [0, 0.05) is 17.8 Å². The maximum absolute atomic E-state index is 12.5. The van der Waals surface area contributed by atoms with Crippen LogP contribution in [0.5, 0.6) is 0 Å². The van der Waals surface area contributed by atoms with Gasteiger partial charge in [0.15, 0.2) is 0 Å². The lowest BCUT2D eigenvalue weighted by Crippen LogP contribution is -3.06. The van der Waals surface area contributed by atoms with Crippen LogP contribution in [0, 0.1) is 0 Å². The van der Waals surface area contributed by atoms with E-state index in [1.165, 1.54) is 16.7 Å². The SMILES string of the molecule is C[NH+](C)CCn1c2c(c(SCC(=O)NCc3ccccc3)nc1=O)CCC2. The van der Waals surface area contributed by atoms with E-state index in [2.05, 4.69) is 24.4 Å². The largest absolute Gasteiger partial charge is 0.351 e. The van der Waals surface area contributed by atoms with Crippen molar-refractivity contribution in [2.75, 3.05) is 26.4 Å². The number of likely N-dealkylation sites (N-methyl/N-ethyl adjacent to an activating group) is 1. The Labute approximate surface area is 164 Å². The fourth-order valence-electron chi connectivity index (χ4n) is 3.25. The van der Waals surface area contributed by atoms with Gasteiger partial charge in [-0.2, -0.15) is 4.98 Å². The molecule has 0 saturated heterocycles. The molecule has 1 aliphatic rings. The van der Waals surface area contributed by atoms with Crippen molar-refractivity contribution in [2.45, 2.75) is 37.4 Å². The Kier molecular flexibility index (Phi) is 6.68. The molecule has 2 aromatic rings. The molecule has 1 heterocycles. The number of nitrogens with zero attached hydrogens (tertiary/aromatic N) is 2. The molecule has 2 N–H and O–H groups in total. The molecule has 27 heavy (non-hydrogen) atoms. The Morgan fingerprint density at radius 2 is 2.04 bits per heavy atom. The van der Waals surface area contributed by atoms with Crippen LogP contribution in [0.1, 0.15) is 23.2 Å². The fourth-order valence-corrected chi connectivity index (χ4v) is 4.16. The molecule has 1 aromatic heterocycles. The second-order valence-electron chi connectivity index (χ2n) is 7.14. The summed E-state index contributed by atoms with van der Waals surface area (Å²) >= 11 is 1.37. The van der Waals surface area contributed by atoms with Gasteiger partial charge in [-0.3, -0.25) is 9.36 Å². The van der Waals surface area contributed by atoms with Crippen LogP contribution in [-0.4, -0.2) is 41.9 Å². The minimum atomic E-state index is -0.191. The quantitative estimate of drug-likeness (QED) is 0.505. The highest BCUT2D eigenvalue weighted by atomic mass is 32.2. The number of thioether (sulfide) groups is 1. The molecule has 0 spiro atoms. The number of rotatable bonds is 8. The molecule has 0 unspecified atom stereocenters. The normalized spacial score (nSPS) is 13.0. The molecule has 0 radical (unpaired) electrons. The third-order valence-corrected chi connectivity index (χ3v) is 5.73. The molecule has 6 nitrogen and oxygen atoms in total. The van der Waals surface area contributed by atoms with Gasteiger partial charge in [0.25, 0.3) is 0 Å². The molecule has 1 aliphatic carbocycles. The van der Waals surface area contributed by atoms with Crippen LogP contribution in [-0.2, 0) is 30.7 Å². The Balaban J connectivity index is 1.63. The summed E-state index contributed by atoms with van der Waals surface area (Å²) in [6, 6.07) is 9.83. The number of benzene rings is 1. The maximum Gasteiger partial charge on any atom is 0.349 e. The summed E-state index contributed by atoms with van der Waals surface area (Å²) in [6.07, 6.45) is 2.90. The summed E-state index contributed by atoms with van der Waals surface area (Å²) in [5.41, 5.74) is 3.15. The van der Waals surface area contributed by atoms with Gasteiger partial charge < -0.3 is 10.2 Å². The number of hydrogen-bond acceptors (Lipinski definition) is 4. The summed E-state index contributed by atoms with van der Waals surface area (Å²) < 4.78 is 1.83. The molecule has 144 valence electrons. The molecule has 0 fully saturated rings. The predicted molar refractivity (Wildman–Crippen MR) is 107 cm³/mol. The van der Waals surface area contributed by atoms with Crippen LogP contribution in [0.15, 0.2) is 40.2 Å². The fraction of sp³-hybridized carbons (Fsp3) is 0.450. The second-order valence-corrected chi connectivity index (χ2v) is 8.10. The average molecular weight is 388 g/mol. The molecular formula is C20H27N4O2S+. The molecule has 1 amide bonds. The summed E-state index contributed by atoms with van der Waals surface area (Å²) in [5.74, 6) is 0.232. The van der Waals surface area contributed by atoms with Crippen molar-refractivity contribution in [3.63, 3.8) is 0 Å². The monoisotopic (exact) mass is 387 g/mol. The summed E-state index contributed by atoms with van der Waals surface area (Å²) in [4.78, 5) is 30.3. The molecule has 1 aromatic carbocycles. The van der Waals surface area contributed by atoms with Gasteiger partial charge in [-0.25, -0.2) is 4.79 Å². The van der Waals surface area contributed by atoms with Crippen LogP contribution >= 0.6 is 11.8 Å². The van der Waals surface area contributed by atoms with E-state index in [0.717, 1.165) is 47.7 Å². The van der Waals surface area contributed by atoms with Gasteiger partial charge in [-0.1, -0.05) is 42.1 Å². The zero-order chi connectivity index (χ0) is 19.2. The number of aromatic nitrogens is 2. The predicted octanol–water partition coefficient (Wildman–Crippen LogP) is 0.285. The molecule has 3 rings (SSSR count). The minimum absolute atomic E-state index is 0.0437. The molecule has 0 bridgehead atoms. The molecule has 0 aliphatic heterocycles. The van der Waals surface area contributed by atoms with Crippen molar-refractivity contribution in [1.82, 2.24) is 14.9 Å². The van der Waals surface area contributed by atoms with Crippen LogP contribution in [0.3, 0.4) is 0 Å². The highest BCUT2D eigenvalue weighted by Crippen LogP contribution is 2.28. The van der Waals surface area contributed by atoms with Crippen molar-refractivity contribution in [1.29, 1.82) is 0 Å². The Morgan fingerprint density at radius 1 is 1.26 bits per heavy atom. The second kappa shape index (κ2) is 9.19. The van der Waals surface area contributed by atoms with Gasteiger partial charge >= 0.3 is 5.69 Å². The van der Waals surface area contributed by atoms with Crippen molar-refractivity contribution in [2.24, 2.45) is 0 Å². The van der Waals surface area contributed by atoms with E-state index in [9.17, 15) is 9.59 Å². The van der Waals surface area contributed by atoms with Gasteiger partial charge in [-0.15, -0.1) is 0 Å². The van der Waals surface area contributed by atoms with E-state index in [-0.39, 0.29) is 17.3 Å². The van der Waals surface area contributed by atoms with Crippen LogP contribution in [0.2, 0.25) is 0 Å². The van der Waals surface area contributed by atoms with Crippen molar-refractivity contribution < 1.29 is 9.69 Å². The van der Waals surface area contributed by atoms with Gasteiger partial charge in [0.05, 0.1) is 32.9 Å². The highest BCUT2D eigenvalue weighted by Gasteiger charge is 2.22. The molecule has 0 saturated carbocycles. The number of quaternary nitrogens is 1. The third kappa shape index (κ3) is 5.20. The van der Waals surface area contributed by atoms with E-state index >= 15 is 0 Å². The maximum atomic E-state index is 12.5. The molecule has 7 heteroatoms. The lowest BCUT2D eigenvalue weighted by atomic mass is 10.2. The molecular weight excluding hydrogens is 360 g/mol. The first kappa shape index (κ1) is 19.6. The Morgan fingerprint density at radius 3 is 2.78 bits per heavy atom. The number of hydrogen-bond donors (Lipinski definition) is 2. The van der Waals surface area contributed by atoms with E-state index < -0.39 is 0 Å². The molecule has 0 atom stereocenters. The average Bonchev–Trinajstić information content (AvgIpc) is 3.14. The van der Waals surface area contributed by atoms with Crippen molar-refractivity contribution in [3.05, 3.63) is 57.6 Å². The van der Waals surface area contributed by atoms with Gasteiger partial charge in [-0.05, 0) is 24.8 Å². The first-order chi connectivity index (χ1) is 13.0. The topological polar surface area (TPSA) is 68.4 Å². The Bertz CT molecular complexity index is 849. The summed E-state index contributed by atoms with van der Waals surface area (Å²) in [6.45, 7) is 2.10. The van der Waals surface area contributed by atoms with Crippen LogP contribution < -0.4 is 15.9 Å². The third-order valence-electron chi connectivity index (χ3n) is 4.71. The number of nitrogens with one attached hydrogen (secondary N) is 2. The first-order valence-electron chi connectivity index (χ1n) is 9.39. The Hall–Kier alpha value is -2.12. The van der Waals surface area contributed by atoms with E-state index in [4.69, 9.17) is 0 Å². The number of amides is 1. The summed E-state index contributed by atoms with van der Waals surface area (Å²) in [7, 11) is 4.16. The lowest BCUT2D eigenvalue weighted by molar-refractivity contribution is -0.859. The van der Waals surface area contributed by atoms with E-state index in [1.54, 1.807) is 0 Å². The van der Waals surface area contributed by atoms with Gasteiger partial charge in [0.1, 0.15) is 5.03 Å². The van der Waals surface area contributed by atoms with Crippen LogP contribution in [0.4, 0.5) is 0 Å². The number of carbonyl (C=O) groups is 1. The first-order valence-corrected chi connectivity index (χ1v) is 10.4. The van der Waals surface area contributed by atoms with Crippen LogP contribution in [0.25, 0.3) is 0 Å². The van der Waals surface area contributed by atoms with Gasteiger partial charge in [0.2, 0.25) is 5.91 Å². The van der Waals surface area contributed by atoms with E-state index in [1.807, 2.05) is 34.9 Å². The number of carbonyl (C=O) groups excluding carboxylic acids is 1. The number of fused-ring (bicyclic) bond motifs is 1. The standard InChI is InChI=1S/C20H26N4O2S/c1-23(2)11-12-24-17-10-6-9-16(17)19(22-20(24)26)27-14-18(25)21-13-15-7-4-3-5-8-15/h3-5,7-8H,6,9-14H2,1-2H3,(H,21,25)/p+1. The zero-order valence-corrected chi connectivity index (χ0v) is 16.8. The minimum Gasteiger partial charge on any atom is -0.351 e. The van der Waals surface area contributed by atoms with E-state index in [0.29, 0.717) is 13.1 Å². The smallest absolute Gasteiger partial charge is 0.349 e. The highest BCUT2D eigenvalue weighted by molar-refractivity contribution is 7.99. The summed E-state index contributed by atoms with van der Waals surface area (Å²) in [5, 5.41) is 3.65. The lowest BCUT2D eigenvalue weighted by Gasteiger charge is -2.15. The zero-order valence-electron chi connectivity index (χ0n) is 16.0. The van der Waals surface area contributed by atoms with Crippen molar-refractivity contribution >= 4 is 17.7 Å².